The van der Waals surface area contributed by atoms with Gasteiger partial charge in [-0.05, 0) is 32.6 Å². The fourth-order valence-electron chi connectivity index (χ4n) is 1.73. The molecule has 0 aromatic rings. The lowest BCUT2D eigenvalue weighted by molar-refractivity contribution is -0.406. The number of nitrogens with one attached hydrogen (secondary N) is 1. The summed E-state index contributed by atoms with van der Waals surface area (Å²) < 4.78 is 0. The lowest BCUT2D eigenvalue weighted by Gasteiger charge is -2.15. The minimum absolute atomic E-state index is 0.0609. The van der Waals surface area contributed by atoms with E-state index in [1.54, 1.807) is 0 Å². The van der Waals surface area contributed by atoms with Gasteiger partial charge in [0, 0.05) is 6.42 Å². The Hall–Kier alpha value is -0.940. The van der Waals surface area contributed by atoms with Crippen molar-refractivity contribution in [3.63, 3.8) is 0 Å². The summed E-state index contributed by atoms with van der Waals surface area (Å²) in [6.45, 7) is 2.43. The predicted octanol–water partition coefficient (Wildman–Crippen LogP) is -1.75. The van der Waals surface area contributed by atoms with Gasteiger partial charge in [-0.1, -0.05) is 0 Å². The van der Waals surface area contributed by atoms with Crippen LogP contribution in [0.4, 0.5) is 0 Å². The highest BCUT2D eigenvalue weighted by Crippen LogP contribution is 2.36. The molecule has 0 heterocycles. The van der Waals surface area contributed by atoms with Crippen LogP contribution < -0.4 is 16.8 Å². The van der Waals surface area contributed by atoms with Crippen LogP contribution in [-0.2, 0) is 9.59 Å². The summed E-state index contributed by atoms with van der Waals surface area (Å²) in [5.74, 6) is -0.0254. The van der Waals surface area contributed by atoms with Gasteiger partial charge in [0.05, 0.1) is 12.1 Å². The first-order valence-electron chi connectivity index (χ1n) is 5.97. The van der Waals surface area contributed by atoms with E-state index in [0.717, 1.165) is 38.6 Å². The average molecular weight is 229 g/mol. The number of quaternary nitrogens is 2. The number of amides is 1. The van der Waals surface area contributed by atoms with Crippen molar-refractivity contribution in [1.82, 2.24) is 5.32 Å². The first kappa shape index (κ1) is 13.1. The second kappa shape index (κ2) is 5.41. The number of hydrogen-bond donors (Lipinski definition) is 3. The number of rotatable bonds is 7. The molecule has 1 atom stereocenters. The number of carbonyl (C=O) groups is 2. The van der Waals surface area contributed by atoms with Crippen molar-refractivity contribution in [2.24, 2.45) is 0 Å². The van der Waals surface area contributed by atoms with Gasteiger partial charge >= 0.3 is 0 Å². The summed E-state index contributed by atoms with van der Waals surface area (Å²) in [5.41, 5.74) is 7.05. The van der Waals surface area contributed by atoms with Crippen LogP contribution in [-0.4, -0.2) is 29.8 Å². The van der Waals surface area contributed by atoms with E-state index in [-0.39, 0.29) is 17.7 Å². The van der Waals surface area contributed by atoms with Gasteiger partial charge in [0.2, 0.25) is 0 Å². The van der Waals surface area contributed by atoms with Crippen molar-refractivity contribution in [1.29, 1.82) is 0 Å². The van der Waals surface area contributed by atoms with Crippen molar-refractivity contribution in [2.45, 2.75) is 50.6 Å². The fourth-order valence-corrected chi connectivity index (χ4v) is 1.73. The first-order chi connectivity index (χ1) is 7.52. The van der Waals surface area contributed by atoms with E-state index in [0.29, 0.717) is 0 Å². The van der Waals surface area contributed by atoms with Gasteiger partial charge in [-0.3, -0.25) is 9.59 Å². The molecule has 1 rings (SSSR count). The standard InChI is InChI=1S/C11H21N3O2/c1-8(15)11(5-6-11)14-10(16)9(13)4-2-3-7-12/h9H,2-7,12-13H2,1H3,(H,14,16)/p+2/t9-/m0/s1. The van der Waals surface area contributed by atoms with Crippen molar-refractivity contribution >= 4 is 11.7 Å². The molecular weight excluding hydrogens is 206 g/mol. The quantitative estimate of drug-likeness (QED) is 0.451. The van der Waals surface area contributed by atoms with Crippen LogP contribution in [0.15, 0.2) is 0 Å². The van der Waals surface area contributed by atoms with Gasteiger partial charge in [-0.25, -0.2) is 0 Å². The minimum atomic E-state index is -0.542. The zero-order valence-electron chi connectivity index (χ0n) is 10.1. The summed E-state index contributed by atoms with van der Waals surface area (Å²) in [5, 5.41) is 2.83. The largest absolute Gasteiger partial charge is 0.358 e. The van der Waals surface area contributed by atoms with Crippen LogP contribution in [0, 0.1) is 0 Å². The summed E-state index contributed by atoms with van der Waals surface area (Å²) >= 11 is 0. The van der Waals surface area contributed by atoms with Crippen molar-refractivity contribution in [2.75, 3.05) is 6.54 Å². The third-order valence-corrected chi connectivity index (χ3v) is 3.21. The maximum atomic E-state index is 11.8. The Morgan fingerprint density at radius 2 is 2.00 bits per heavy atom. The van der Waals surface area contributed by atoms with Gasteiger partial charge in [0.15, 0.2) is 11.8 Å². The highest BCUT2D eigenvalue weighted by atomic mass is 16.2. The van der Waals surface area contributed by atoms with E-state index in [4.69, 9.17) is 0 Å². The third-order valence-electron chi connectivity index (χ3n) is 3.21. The molecule has 0 spiro atoms. The molecular formula is C11H23N3O2+2. The number of ketones is 1. The Balaban J connectivity index is 2.32. The number of unbranched alkanes of at least 4 members (excludes halogenated alkanes) is 1. The molecule has 5 nitrogen and oxygen atoms in total. The molecule has 1 amide bonds. The zero-order chi connectivity index (χ0) is 12.2. The average Bonchev–Trinajstić information content (AvgIpc) is 2.99. The van der Waals surface area contributed by atoms with Crippen LogP contribution in [0.1, 0.15) is 39.0 Å². The molecule has 0 bridgehead atoms. The molecule has 7 N–H and O–H groups in total. The highest BCUT2D eigenvalue weighted by molar-refractivity contribution is 5.94. The second-order valence-electron chi connectivity index (χ2n) is 4.67. The van der Waals surface area contributed by atoms with E-state index in [9.17, 15) is 9.59 Å². The smallest absolute Gasteiger partial charge is 0.278 e. The Kier molecular flexibility index (Phi) is 4.44. The molecule has 1 aliphatic carbocycles. The lowest BCUT2D eigenvalue weighted by Crippen LogP contribution is -2.68. The molecule has 0 aliphatic heterocycles. The van der Waals surface area contributed by atoms with Crippen molar-refractivity contribution in [3.05, 3.63) is 0 Å². The number of Topliss-reactive ketones (excluding diaryl/α,β-unsaturated/α-hetero) is 1. The lowest BCUT2D eigenvalue weighted by atomic mass is 10.1. The molecule has 1 saturated carbocycles. The summed E-state index contributed by atoms with van der Waals surface area (Å²) in [6.07, 6.45) is 4.32. The maximum Gasteiger partial charge on any atom is 0.278 e. The maximum absolute atomic E-state index is 11.8. The Labute approximate surface area is 95.9 Å². The predicted molar refractivity (Wildman–Crippen MR) is 59.1 cm³/mol. The summed E-state index contributed by atoms with van der Waals surface area (Å²) in [4.78, 5) is 23.1. The van der Waals surface area contributed by atoms with E-state index in [2.05, 4.69) is 16.8 Å². The Morgan fingerprint density at radius 3 is 2.44 bits per heavy atom. The van der Waals surface area contributed by atoms with Gasteiger partial charge in [-0.2, -0.15) is 0 Å². The number of hydrogen-bond acceptors (Lipinski definition) is 2. The number of carbonyl (C=O) groups excluding carboxylic acids is 2. The van der Waals surface area contributed by atoms with Crippen LogP contribution in [0.2, 0.25) is 0 Å². The summed E-state index contributed by atoms with van der Waals surface area (Å²) in [6, 6.07) is -0.247. The van der Waals surface area contributed by atoms with Crippen LogP contribution in [0.3, 0.4) is 0 Å². The van der Waals surface area contributed by atoms with E-state index >= 15 is 0 Å². The van der Waals surface area contributed by atoms with Gasteiger partial charge < -0.3 is 16.8 Å². The fraction of sp³-hybridized carbons (Fsp3) is 0.818. The van der Waals surface area contributed by atoms with Crippen molar-refractivity contribution in [3.8, 4) is 0 Å². The van der Waals surface area contributed by atoms with Crippen molar-refractivity contribution < 1.29 is 21.1 Å². The molecule has 1 fully saturated rings. The van der Waals surface area contributed by atoms with E-state index in [1.165, 1.54) is 6.92 Å². The topological polar surface area (TPSA) is 101 Å². The normalized spacial score (nSPS) is 18.9. The molecule has 1 aliphatic rings. The van der Waals surface area contributed by atoms with E-state index in [1.807, 2.05) is 0 Å². The summed E-state index contributed by atoms with van der Waals surface area (Å²) in [7, 11) is 0. The second-order valence-corrected chi connectivity index (χ2v) is 4.67. The van der Waals surface area contributed by atoms with Gasteiger partial charge in [0.25, 0.3) is 5.91 Å². The molecule has 92 valence electrons. The Bertz CT molecular complexity index is 274. The van der Waals surface area contributed by atoms with E-state index < -0.39 is 5.54 Å². The van der Waals surface area contributed by atoms with Gasteiger partial charge in [-0.15, -0.1) is 0 Å². The molecule has 0 unspecified atom stereocenters. The minimum Gasteiger partial charge on any atom is -0.358 e. The monoisotopic (exact) mass is 229 g/mol. The molecule has 5 heteroatoms. The molecule has 16 heavy (non-hydrogen) atoms. The van der Waals surface area contributed by atoms with Crippen LogP contribution >= 0.6 is 0 Å². The van der Waals surface area contributed by atoms with Crippen LogP contribution in [0.5, 0.6) is 0 Å². The SMILES string of the molecule is CC(=O)C1(NC(=O)[C@@H]([NH3+])CCCC[NH3+])CC1. The molecule has 0 radical (unpaired) electrons. The highest BCUT2D eigenvalue weighted by Gasteiger charge is 2.49. The van der Waals surface area contributed by atoms with Gasteiger partial charge in [0.1, 0.15) is 0 Å². The molecule has 0 aromatic heterocycles. The first-order valence-corrected chi connectivity index (χ1v) is 5.97. The Morgan fingerprint density at radius 1 is 1.38 bits per heavy atom. The third kappa shape index (κ3) is 3.28. The molecule has 0 saturated heterocycles. The van der Waals surface area contributed by atoms with Crippen LogP contribution in [0.25, 0.3) is 0 Å². The molecule has 0 aromatic carbocycles. The zero-order valence-corrected chi connectivity index (χ0v) is 10.1.